The molecule has 0 atom stereocenters. The van der Waals surface area contributed by atoms with Gasteiger partial charge in [0, 0.05) is 5.39 Å². The van der Waals surface area contributed by atoms with E-state index in [1.807, 2.05) is 0 Å². The van der Waals surface area contributed by atoms with E-state index in [1.54, 1.807) is 18.2 Å². The Morgan fingerprint density at radius 1 is 1.43 bits per heavy atom. The van der Waals surface area contributed by atoms with Gasteiger partial charge in [0.05, 0.1) is 17.0 Å². The minimum Gasteiger partial charge on any atom is -0.251 e. The van der Waals surface area contributed by atoms with Gasteiger partial charge >= 0.3 is 0 Å². The molecule has 4 heteroatoms. The summed E-state index contributed by atoms with van der Waals surface area (Å²) < 4.78 is 13.2. The maximum atomic E-state index is 13.2. The number of halogens is 1. The number of isothiocyanates is 1. The molecule has 0 saturated heterocycles. The number of thiocarbonyl (C=S) groups is 1. The Morgan fingerprint density at radius 2 is 2.29 bits per heavy atom. The quantitative estimate of drug-likeness (QED) is 0.526. The maximum Gasteiger partial charge on any atom is 0.149 e. The standard InChI is InChI=1S/C10H5FN2S/c11-9-3-1-2-7-4-8(13-6-14)5-12-10(7)9/h1-5H. The van der Waals surface area contributed by atoms with Crippen LogP contribution in [0.1, 0.15) is 0 Å². The van der Waals surface area contributed by atoms with E-state index in [4.69, 9.17) is 0 Å². The maximum absolute atomic E-state index is 13.2. The Bertz CT molecular complexity index is 533. The van der Waals surface area contributed by atoms with Crippen LogP contribution >= 0.6 is 12.2 Å². The average Bonchev–Trinajstić information content (AvgIpc) is 2.18. The predicted molar refractivity (Wildman–Crippen MR) is 56.4 cm³/mol. The number of para-hydroxylation sites is 1. The van der Waals surface area contributed by atoms with Gasteiger partial charge in [0.2, 0.25) is 0 Å². The molecule has 0 bridgehead atoms. The van der Waals surface area contributed by atoms with Crippen molar-refractivity contribution in [2.45, 2.75) is 0 Å². The average molecular weight is 204 g/mol. The highest BCUT2D eigenvalue weighted by molar-refractivity contribution is 7.78. The molecule has 0 spiro atoms. The molecule has 0 amide bonds. The number of hydrogen-bond acceptors (Lipinski definition) is 3. The van der Waals surface area contributed by atoms with E-state index in [9.17, 15) is 4.39 Å². The first kappa shape index (κ1) is 8.94. The Hall–Kier alpha value is -1.64. The lowest BCUT2D eigenvalue weighted by Gasteiger charge is -1.98. The van der Waals surface area contributed by atoms with Crippen LogP contribution < -0.4 is 0 Å². The minimum absolute atomic E-state index is 0.333. The zero-order chi connectivity index (χ0) is 9.97. The topological polar surface area (TPSA) is 25.2 Å². The van der Waals surface area contributed by atoms with E-state index in [0.717, 1.165) is 0 Å². The highest BCUT2D eigenvalue weighted by Gasteiger charge is 2.01. The number of fused-ring (bicyclic) bond motifs is 1. The molecular weight excluding hydrogens is 199 g/mol. The largest absolute Gasteiger partial charge is 0.251 e. The van der Waals surface area contributed by atoms with Crippen LogP contribution in [0, 0.1) is 5.82 Å². The molecule has 2 nitrogen and oxygen atoms in total. The van der Waals surface area contributed by atoms with Crippen LogP contribution in [0.3, 0.4) is 0 Å². The van der Waals surface area contributed by atoms with Crippen LogP contribution in [0.25, 0.3) is 10.9 Å². The van der Waals surface area contributed by atoms with Crippen molar-refractivity contribution in [3.05, 3.63) is 36.3 Å². The fourth-order valence-electron chi connectivity index (χ4n) is 1.23. The molecule has 1 aromatic carbocycles. The molecule has 0 aliphatic carbocycles. The molecule has 14 heavy (non-hydrogen) atoms. The smallest absolute Gasteiger partial charge is 0.149 e. The molecule has 0 fully saturated rings. The molecule has 0 saturated carbocycles. The van der Waals surface area contributed by atoms with Gasteiger partial charge in [0.15, 0.2) is 0 Å². The first-order valence-electron chi connectivity index (χ1n) is 3.93. The number of hydrogen-bond donors (Lipinski definition) is 0. The van der Waals surface area contributed by atoms with Crippen molar-refractivity contribution in [1.29, 1.82) is 0 Å². The molecule has 0 aliphatic heterocycles. The van der Waals surface area contributed by atoms with Crippen LogP contribution in [0.5, 0.6) is 0 Å². The van der Waals surface area contributed by atoms with Gasteiger partial charge in [-0.05, 0) is 24.4 Å². The summed E-state index contributed by atoms with van der Waals surface area (Å²) in [6.45, 7) is 0. The lowest BCUT2D eigenvalue weighted by molar-refractivity contribution is 0.637. The molecule has 1 heterocycles. The third-order valence-electron chi connectivity index (χ3n) is 1.82. The van der Waals surface area contributed by atoms with Crippen molar-refractivity contribution < 1.29 is 4.39 Å². The molecule has 1 aromatic heterocycles. The van der Waals surface area contributed by atoms with Crippen molar-refractivity contribution in [1.82, 2.24) is 4.98 Å². The van der Waals surface area contributed by atoms with Crippen LogP contribution in [0.2, 0.25) is 0 Å². The third kappa shape index (κ3) is 1.53. The predicted octanol–water partition coefficient (Wildman–Crippen LogP) is 3.11. The molecule has 2 aromatic rings. The van der Waals surface area contributed by atoms with E-state index in [-0.39, 0.29) is 5.82 Å². The number of aromatic nitrogens is 1. The Balaban J connectivity index is 2.73. The van der Waals surface area contributed by atoms with E-state index in [2.05, 4.69) is 27.4 Å². The van der Waals surface area contributed by atoms with Gasteiger partial charge in [-0.1, -0.05) is 12.1 Å². The molecular formula is C10H5FN2S. The summed E-state index contributed by atoms with van der Waals surface area (Å²) in [5.41, 5.74) is 0.925. The third-order valence-corrected chi connectivity index (χ3v) is 1.91. The van der Waals surface area contributed by atoms with Crippen molar-refractivity contribution in [2.24, 2.45) is 4.99 Å². The second-order valence-corrected chi connectivity index (χ2v) is 2.89. The molecule has 0 aliphatic rings. The zero-order valence-corrected chi connectivity index (χ0v) is 7.88. The zero-order valence-electron chi connectivity index (χ0n) is 7.07. The minimum atomic E-state index is -0.333. The summed E-state index contributed by atoms with van der Waals surface area (Å²) in [7, 11) is 0. The lowest BCUT2D eigenvalue weighted by Crippen LogP contribution is -1.82. The van der Waals surface area contributed by atoms with E-state index >= 15 is 0 Å². The van der Waals surface area contributed by atoms with Crippen molar-refractivity contribution in [3.8, 4) is 0 Å². The monoisotopic (exact) mass is 204 g/mol. The molecule has 2 rings (SSSR count). The Kier molecular flexibility index (Phi) is 2.31. The van der Waals surface area contributed by atoms with Crippen LogP contribution in [0.4, 0.5) is 10.1 Å². The van der Waals surface area contributed by atoms with E-state index < -0.39 is 0 Å². The van der Waals surface area contributed by atoms with E-state index in [1.165, 1.54) is 12.3 Å². The second-order valence-electron chi connectivity index (χ2n) is 2.71. The Morgan fingerprint density at radius 3 is 3.07 bits per heavy atom. The number of rotatable bonds is 1. The van der Waals surface area contributed by atoms with Crippen molar-refractivity contribution in [3.63, 3.8) is 0 Å². The first-order valence-corrected chi connectivity index (χ1v) is 4.34. The molecule has 68 valence electrons. The van der Waals surface area contributed by atoms with Crippen LogP contribution in [-0.4, -0.2) is 10.1 Å². The summed E-state index contributed by atoms with van der Waals surface area (Å²) in [6.07, 6.45) is 1.46. The van der Waals surface area contributed by atoms with E-state index in [0.29, 0.717) is 16.6 Å². The highest BCUT2D eigenvalue weighted by atomic mass is 32.1. The lowest BCUT2D eigenvalue weighted by atomic mass is 10.2. The molecule has 0 N–H and O–H groups in total. The number of pyridine rings is 1. The number of aliphatic imine (C=N–C) groups is 1. The summed E-state index contributed by atoms with van der Waals surface area (Å²) in [5, 5.41) is 2.94. The van der Waals surface area contributed by atoms with Gasteiger partial charge < -0.3 is 0 Å². The fraction of sp³-hybridized carbons (Fsp3) is 0. The number of benzene rings is 1. The van der Waals surface area contributed by atoms with Gasteiger partial charge in [0.1, 0.15) is 11.3 Å². The summed E-state index contributed by atoms with van der Waals surface area (Å²) >= 11 is 4.46. The number of nitrogens with zero attached hydrogens (tertiary/aromatic N) is 2. The summed E-state index contributed by atoms with van der Waals surface area (Å²) in [4.78, 5) is 7.71. The summed E-state index contributed by atoms with van der Waals surface area (Å²) in [5.74, 6) is -0.333. The van der Waals surface area contributed by atoms with Crippen molar-refractivity contribution >= 4 is 34.0 Å². The summed E-state index contributed by atoms with van der Waals surface area (Å²) in [6, 6.07) is 6.49. The normalized spacial score (nSPS) is 9.79. The van der Waals surface area contributed by atoms with Crippen LogP contribution in [-0.2, 0) is 0 Å². The Labute approximate surface area is 85.1 Å². The highest BCUT2D eigenvalue weighted by Crippen LogP contribution is 2.20. The fourth-order valence-corrected chi connectivity index (χ4v) is 1.33. The second kappa shape index (κ2) is 3.62. The molecule has 0 radical (unpaired) electrons. The first-order chi connectivity index (χ1) is 6.81. The van der Waals surface area contributed by atoms with Gasteiger partial charge in [-0.25, -0.2) is 4.39 Å². The van der Waals surface area contributed by atoms with Crippen LogP contribution in [0.15, 0.2) is 35.5 Å². The van der Waals surface area contributed by atoms with Crippen molar-refractivity contribution in [2.75, 3.05) is 0 Å². The van der Waals surface area contributed by atoms with Gasteiger partial charge in [-0.15, -0.1) is 0 Å². The van der Waals surface area contributed by atoms with Gasteiger partial charge in [-0.2, -0.15) is 4.99 Å². The van der Waals surface area contributed by atoms with Gasteiger partial charge in [-0.3, -0.25) is 4.98 Å². The molecule has 0 unspecified atom stereocenters. The SMILES string of the molecule is Fc1cccc2cc(N=C=S)cnc12. The van der Waals surface area contributed by atoms with Gasteiger partial charge in [0.25, 0.3) is 0 Å².